The van der Waals surface area contributed by atoms with E-state index >= 15 is 0 Å². The molecule has 3 aromatic rings. The van der Waals surface area contributed by atoms with Gasteiger partial charge in [-0.2, -0.15) is 0 Å². The Morgan fingerprint density at radius 2 is 1.68 bits per heavy atom. The Kier molecular flexibility index (Phi) is 6.01. The van der Waals surface area contributed by atoms with Crippen LogP contribution in [0.2, 0.25) is 0 Å². The van der Waals surface area contributed by atoms with Crippen LogP contribution in [0.5, 0.6) is 0 Å². The van der Waals surface area contributed by atoms with Crippen molar-refractivity contribution in [1.29, 1.82) is 0 Å². The van der Waals surface area contributed by atoms with Crippen molar-refractivity contribution >= 4 is 23.3 Å². The maximum atomic E-state index is 12.4. The SMILES string of the molecule is CCC(=O)Nc1ccc(C(=O)COC(=O)c2c[nH]cc2-c2ccccc2)cc1. The van der Waals surface area contributed by atoms with Gasteiger partial charge in [0.05, 0.1) is 5.56 Å². The molecule has 0 aliphatic rings. The summed E-state index contributed by atoms with van der Waals surface area (Å²) in [5.74, 6) is -0.993. The highest BCUT2D eigenvalue weighted by Crippen LogP contribution is 2.23. The van der Waals surface area contributed by atoms with Crippen LogP contribution in [0.4, 0.5) is 5.69 Å². The first-order valence-electron chi connectivity index (χ1n) is 8.91. The number of carbonyl (C=O) groups is 3. The standard InChI is InChI=1S/C22H20N2O4/c1-2-21(26)24-17-10-8-16(9-11-17)20(25)14-28-22(27)19-13-23-12-18(19)15-6-4-3-5-7-15/h3-13,23H,2,14H2,1H3,(H,24,26). The minimum Gasteiger partial charge on any atom is -0.454 e. The third-order valence-corrected chi connectivity index (χ3v) is 4.20. The Hall–Kier alpha value is -3.67. The number of rotatable bonds is 7. The second-order valence-electron chi connectivity index (χ2n) is 6.13. The van der Waals surface area contributed by atoms with Crippen molar-refractivity contribution in [3.05, 3.63) is 78.1 Å². The molecule has 0 unspecified atom stereocenters. The number of aromatic amines is 1. The van der Waals surface area contributed by atoms with Crippen molar-refractivity contribution in [3.8, 4) is 11.1 Å². The molecule has 1 amide bonds. The Morgan fingerprint density at radius 3 is 2.36 bits per heavy atom. The summed E-state index contributed by atoms with van der Waals surface area (Å²) < 4.78 is 5.20. The third-order valence-electron chi connectivity index (χ3n) is 4.20. The Labute approximate surface area is 162 Å². The lowest BCUT2D eigenvalue weighted by atomic mass is 10.1. The van der Waals surface area contributed by atoms with Gasteiger partial charge >= 0.3 is 5.97 Å². The number of H-pyrrole nitrogens is 1. The fourth-order valence-corrected chi connectivity index (χ4v) is 2.67. The molecule has 2 N–H and O–H groups in total. The molecule has 0 spiro atoms. The number of Topliss-reactive ketones (excluding diaryl/α,β-unsaturated/α-hetero) is 1. The van der Waals surface area contributed by atoms with Crippen LogP contribution in [-0.2, 0) is 9.53 Å². The number of ketones is 1. The number of esters is 1. The van der Waals surface area contributed by atoms with E-state index < -0.39 is 5.97 Å². The van der Waals surface area contributed by atoms with E-state index in [4.69, 9.17) is 4.74 Å². The number of hydrogen-bond acceptors (Lipinski definition) is 4. The van der Waals surface area contributed by atoms with Gasteiger partial charge in [0.25, 0.3) is 0 Å². The largest absolute Gasteiger partial charge is 0.454 e. The molecule has 0 fully saturated rings. The summed E-state index contributed by atoms with van der Waals surface area (Å²) in [6, 6.07) is 15.9. The van der Waals surface area contributed by atoms with E-state index in [0.29, 0.717) is 28.8 Å². The van der Waals surface area contributed by atoms with Crippen molar-refractivity contribution in [1.82, 2.24) is 4.98 Å². The van der Waals surface area contributed by atoms with Gasteiger partial charge in [0.2, 0.25) is 5.91 Å². The van der Waals surface area contributed by atoms with Gasteiger partial charge in [0.15, 0.2) is 12.4 Å². The highest BCUT2D eigenvalue weighted by Gasteiger charge is 2.17. The molecular weight excluding hydrogens is 356 g/mol. The summed E-state index contributed by atoms with van der Waals surface area (Å²) in [7, 11) is 0. The molecule has 142 valence electrons. The van der Waals surface area contributed by atoms with Crippen molar-refractivity contribution in [3.63, 3.8) is 0 Å². The molecule has 0 bridgehead atoms. The lowest BCUT2D eigenvalue weighted by molar-refractivity contribution is -0.115. The van der Waals surface area contributed by atoms with E-state index in [9.17, 15) is 14.4 Å². The first kappa shape index (κ1) is 19.1. The van der Waals surface area contributed by atoms with Gasteiger partial charge in [0, 0.05) is 35.6 Å². The topological polar surface area (TPSA) is 88.3 Å². The Bertz CT molecular complexity index is 975. The number of anilines is 1. The van der Waals surface area contributed by atoms with Crippen LogP contribution in [0.25, 0.3) is 11.1 Å². The number of carbonyl (C=O) groups excluding carboxylic acids is 3. The molecule has 0 aliphatic carbocycles. The number of amides is 1. The van der Waals surface area contributed by atoms with E-state index in [-0.39, 0.29) is 18.3 Å². The summed E-state index contributed by atoms with van der Waals surface area (Å²) in [6.45, 7) is 1.40. The van der Waals surface area contributed by atoms with Crippen LogP contribution in [0.1, 0.15) is 34.1 Å². The van der Waals surface area contributed by atoms with Crippen molar-refractivity contribution in [2.45, 2.75) is 13.3 Å². The van der Waals surface area contributed by atoms with Gasteiger partial charge in [-0.3, -0.25) is 9.59 Å². The second kappa shape index (κ2) is 8.81. The van der Waals surface area contributed by atoms with Crippen LogP contribution < -0.4 is 5.32 Å². The average molecular weight is 376 g/mol. The number of hydrogen-bond donors (Lipinski definition) is 2. The monoisotopic (exact) mass is 376 g/mol. The molecule has 28 heavy (non-hydrogen) atoms. The molecule has 1 heterocycles. The van der Waals surface area contributed by atoms with Gasteiger partial charge in [-0.15, -0.1) is 0 Å². The fourth-order valence-electron chi connectivity index (χ4n) is 2.67. The Balaban J connectivity index is 1.62. The number of nitrogens with one attached hydrogen (secondary N) is 2. The molecule has 6 heteroatoms. The highest BCUT2D eigenvalue weighted by molar-refractivity contribution is 6.01. The lowest BCUT2D eigenvalue weighted by Crippen LogP contribution is -2.14. The number of ether oxygens (including phenoxy) is 1. The van der Waals surface area contributed by atoms with Gasteiger partial charge in [-0.25, -0.2) is 4.79 Å². The zero-order chi connectivity index (χ0) is 19.9. The summed E-state index contributed by atoms with van der Waals surface area (Å²) in [5.41, 5.74) is 2.98. The fraction of sp³-hybridized carbons (Fsp3) is 0.136. The van der Waals surface area contributed by atoms with E-state index in [2.05, 4.69) is 10.3 Å². The first-order chi connectivity index (χ1) is 13.6. The maximum Gasteiger partial charge on any atom is 0.340 e. The van der Waals surface area contributed by atoms with Crippen molar-refractivity contribution < 1.29 is 19.1 Å². The molecule has 0 radical (unpaired) electrons. The van der Waals surface area contributed by atoms with Crippen LogP contribution in [0.15, 0.2) is 67.0 Å². The van der Waals surface area contributed by atoms with Gasteiger partial charge in [0.1, 0.15) is 0 Å². The summed E-state index contributed by atoms with van der Waals surface area (Å²) in [6.07, 6.45) is 3.65. The van der Waals surface area contributed by atoms with E-state index in [1.165, 1.54) is 0 Å². The van der Waals surface area contributed by atoms with Crippen LogP contribution in [-0.4, -0.2) is 29.3 Å². The van der Waals surface area contributed by atoms with E-state index in [1.54, 1.807) is 43.6 Å². The molecule has 3 rings (SSSR count). The normalized spacial score (nSPS) is 10.3. The minimum atomic E-state index is -0.569. The molecule has 2 aromatic carbocycles. The number of aromatic nitrogens is 1. The molecule has 0 saturated carbocycles. The summed E-state index contributed by atoms with van der Waals surface area (Å²) in [5, 5.41) is 2.71. The second-order valence-corrected chi connectivity index (χ2v) is 6.13. The third kappa shape index (κ3) is 4.54. The number of benzene rings is 2. The molecule has 0 atom stereocenters. The predicted octanol–water partition coefficient (Wildman–Crippen LogP) is 4.07. The zero-order valence-corrected chi connectivity index (χ0v) is 15.4. The van der Waals surface area contributed by atoms with Gasteiger partial charge in [-0.1, -0.05) is 37.3 Å². The van der Waals surface area contributed by atoms with Gasteiger partial charge in [-0.05, 0) is 29.8 Å². The smallest absolute Gasteiger partial charge is 0.340 e. The zero-order valence-electron chi connectivity index (χ0n) is 15.4. The van der Waals surface area contributed by atoms with E-state index in [0.717, 1.165) is 5.56 Å². The van der Waals surface area contributed by atoms with Crippen LogP contribution >= 0.6 is 0 Å². The van der Waals surface area contributed by atoms with Crippen molar-refractivity contribution in [2.24, 2.45) is 0 Å². The summed E-state index contributed by atoms with van der Waals surface area (Å²) in [4.78, 5) is 39.0. The van der Waals surface area contributed by atoms with Crippen LogP contribution in [0.3, 0.4) is 0 Å². The van der Waals surface area contributed by atoms with Gasteiger partial charge < -0.3 is 15.0 Å². The molecule has 0 saturated heterocycles. The van der Waals surface area contributed by atoms with Crippen LogP contribution in [0, 0.1) is 0 Å². The van der Waals surface area contributed by atoms with Crippen molar-refractivity contribution in [2.75, 3.05) is 11.9 Å². The highest BCUT2D eigenvalue weighted by atomic mass is 16.5. The minimum absolute atomic E-state index is 0.103. The molecular formula is C22H20N2O4. The lowest BCUT2D eigenvalue weighted by Gasteiger charge is -2.07. The maximum absolute atomic E-state index is 12.4. The molecule has 0 aliphatic heterocycles. The average Bonchev–Trinajstić information content (AvgIpc) is 3.23. The Morgan fingerprint density at radius 1 is 0.964 bits per heavy atom. The molecule has 6 nitrogen and oxygen atoms in total. The molecule has 1 aromatic heterocycles. The quantitative estimate of drug-likeness (QED) is 0.481. The summed E-state index contributed by atoms with van der Waals surface area (Å²) >= 11 is 0. The first-order valence-corrected chi connectivity index (χ1v) is 8.91. The van der Waals surface area contributed by atoms with E-state index in [1.807, 2.05) is 30.3 Å². The predicted molar refractivity (Wildman–Crippen MR) is 106 cm³/mol.